The number of carbonyl (C=O) groups excluding carboxylic acids is 2. The maximum atomic E-state index is 14.5. The highest BCUT2D eigenvalue weighted by molar-refractivity contribution is 6.37. The molecule has 0 aliphatic carbocycles. The van der Waals surface area contributed by atoms with E-state index in [0.717, 1.165) is 4.90 Å². The first-order valence-electron chi connectivity index (χ1n) is 8.75. The van der Waals surface area contributed by atoms with Gasteiger partial charge in [-0.05, 0) is 37.3 Å². The number of amides is 2. The van der Waals surface area contributed by atoms with Gasteiger partial charge in [0, 0.05) is 11.2 Å². The molecule has 6 nitrogen and oxygen atoms in total. The first kappa shape index (κ1) is 17.5. The maximum absolute atomic E-state index is 14.5. The van der Waals surface area contributed by atoms with Crippen molar-refractivity contribution in [2.45, 2.75) is 6.92 Å². The van der Waals surface area contributed by atoms with E-state index in [4.69, 9.17) is 11.6 Å². The number of aromatic nitrogens is 3. The molecule has 0 saturated heterocycles. The summed E-state index contributed by atoms with van der Waals surface area (Å²) in [5, 5.41) is 5.06. The third-order valence-electron chi connectivity index (χ3n) is 4.87. The third kappa shape index (κ3) is 2.48. The van der Waals surface area contributed by atoms with E-state index in [1.807, 2.05) is 0 Å². The van der Waals surface area contributed by atoms with Crippen LogP contribution in [0.4, 0.5) is 10.1 Å². The highest BCUT2D eigenvalue weighted by atomic mass is 35.5. The highest BCUT2D eigenvalue weighted by Gasteiger charge is 2.40. The van der Waals surface area contributed by atoms with Crippen LogP contribution in [0.1, 0.15) is 26.4 Å². The molecule has 0 saturated carbocycles. The Bertz CT molecular complexity index is 1330. The number of benzene rings is 2. The first-order chi connectivity index (χ1) is 14.0. The van der Waals surface area contributed by atoms with Gasteiger partial charge < -0.3 is 0 Å². The Hall–Kier alpha value is -3.58. The second-order valence-corrected chi connectivity index (χ2v) is 7.06. The lowest BCUT2D eigenvalue weighted by Gasteiger charge is -2.13. The van der Waals surface area contributed by atoms with Crippen molar-refractivity contribution in [1.82, 2.24) is 14.8 Å². The molecule has 0 fully saturated rings. The Labute approximate surface area is 169 Å². The maximum Gasteiger partial charge on any atom is 0.267 e. The number of anilines is 1. The molecule has 4 aromatic rings. The van der Waals surface area contributed by atoms with Crippen molar-refractivity contribution in [3.8, 4) is 5.69 Å². The van der Waals surface area contributed by atoms with Crippen LogP contribution in [-0.4, -0.2) is 26.6 Å². The molecule has 2 aromatic heterocycles. The van der Waals surface area contributed by atoms with Crippen LogP contribution in [0.5, 0.6) is 0 Å². The number of nitrogens with zero attached hydrogens (tertiary/aromatic N) is 4. The van der Waals surface area contributed by atoms with E-state index in [1.165, 1.54) is 23.0 Å². The van der Waals surface area contributed by atoms with Crippen molar-refractivity contribution in [3.63, 3.8) is 0 Å². The minimum absolute atomic E-state index is 0.150. The van der Waals surface area contributed by atoms with E-state index in [-0.39, 0.29) is 21.8 Å². The smallest absolute Gasteiger partial charge is 0.267 e. The van der Waals surface area contributed by atoms with Gasteiger partial charge in [0.25, 0.3) is 11.8 Å². The molecule has 0 radical (unpaired) electrons. The monoisotopic (exact) mass is 406 g/mol. The fraction of sp³-hybridized carbons (Fsp3) is 0.0476. The van der Waals surface area contributed by atoms with Crippen LogP contribution in [0.15, 0.2) is 54.7 Å². The number of carbonyl (C=O) groups is 2. The van der Waals surface area contributed by atoms with Gasteiger partial charge in [-0.2, -0.15) is 5.10 Å². The topological polar surface area (TPSA) is 68.1 Å². The largest absolute Gasteiger partial charge is 0.268 e. The van der Waals surface area contributed by atoms with Crippen LogP contribution in [-0.2, 0) is 0 Å². The van der Waals surface area contributed by atoms with E-state index in [1.54, 1.807) is 43.3 Å². The average molecular weight is 407 g/mol. The Morgan fingerprint density at radius 1 is 1.03 bits per heavy atom. The summed E-state index contributed by atoms with van der Waals surface area (Å²) in [6.07, 6.45) is 1.34. The Morgan fingerprint density at radius 2 is 1.79 bits per heavy atom. The van der Waals surface area contributed by atoms with Crippen LogP contribution >= 0.6 is 11.6 Å². The summed E-state index contributed by atoms with van der Waals surface area (Å²) in [5.41, 5.74) is 1.80. The zero-order valence-electron chi connectivity index (χ0n) is 15.1. The lowest BCUT2D eigenvalue weighted by molar-refractivity contribution is 0.0926. The van der Waals surface area contributed by atoms with E-state index in [2.05, 4.69) is 10.1 Å². The van der Waals surface area contributed by atoms with Crippen LogP contribution < -0.4 is 4.90 Å². The van der Waals surface area contributed by atoms with E-state index in [0.29, 0.717) is 22.4 Å². The first-order valence-corrected chi connectivity index (χ1v) is 9.13. The molecule has 29 heavy (non-hydrogen) atoms. The molecule has 0 N–H and O–H groups in total. The zero-order valence-corrected chi connectivity index (χ0v) is 15.8. The van der Waals surface area contributed by atoms with Gasteiger partial charge in [0.05, 0.1) is 27.9 Å². The zero-order chi connectivity index (χ0) is 20.3. The number of fused-ring (bicyclic) bond motifs is 3. The predicted octanol–water partition coefficient (Wildman–Crippen LogP) is 4.32. The predicted molar refractivity (Wildman–Crippen MR) is 106 cm³/mol. The number of hydrogen-bond donors (Lipinski definition) is 0. The van der Waals surface area contributed by atoms with Crippen molar-refractivity contribution in [2.75, 3.05) is 4.90 Å². The van der Waals surface area contributed by atoms with Crippen LogP contribution in [0.2, 0.25) is 5.02 Å². The lowest BCUT2D eigenvalue weighted by atomic mass is 10.1. The summed E-state index contributed by atoms with van der Waals surface area (Å²) in [6, 6.07) is 12.9. The highest BCUT2D eigenvalue weighted by Crippen LogP contribution is 2.34. The lowest BCUT2D eigenvalue weighted by Crippen LogP contribution is -2.29. The van der Waals surface area contributed by atoms with Gasteiger partial charge >= 0.3 is 0 Å². The van der Waals surface area contributed by atoms with Gasteiger partial charge in [0.15, 0.2) is 5.65 Å². The molecular formula is C21H12ClFN4O2. The van der Waals surface area contributed by atoms with Crippen LogP contribution in [0.25, 0.3) is 16.7 Å². The molecule has 0 spiro atoms. The summed E-state index contributed by atoms with van der Waals surface area (Å²) in [4.78, 5) is 31.5. The van der Waals surface area contributed by atoms with Crippen molar-refractivity contribution in [1.29, 1.82) is 0 Å². The standard InChI is InChI=1S/C21H12ClFN4O2/c1-11-17-18-14(20(28)26(21(18)29)13-5-3-2-4-6-13)10-24-19(17)27(25-11)16-8-7-12(22)9-15(16)23/h2-10H,1H3. The number of rotatable bonds is 2. The van der Waals surface area contributed by atoms with Crippen molar-refractivity contribution in [3.05, 3.63) is 82.4 Å². The van der Waals surface area contributed by atoms with Gasteiger partial charge in [-0.25, -0.2) is 19.0 Å². The number of halogens is 2. The third-order valence-corrected chi connectivity index (χ3v) is 5.11. The number of aryl methyl sites for hydroxylation is 1. The molecule has 1 aliphatic rings. The summed E-state index contributed by atoms with van der Waals surface area (Å²) in [6.45, 7) is 1.69. The number of pyridine rings is 1. The van der Waals surface area contributed by atoms with Crippen molar-refractivity contribution in [2.24, 2.45) is 0 Å². The molecule has 1 aliphatic heterocycles. The minimum atomic E-state index is -0.572. The molecule has 0 bridgehead atoms. The van der Waals surface area contributed by atoms with Gasteiger partial charge in [0.2, 0.25) is 0 Å². The molecule has 2 aromatic carbocycles. The molecular weight excluding hydrogens is 395 g/mol. The Balaban J connectivity index is 1.74. The van der Waals surface area contributed by atoms with Gasteiger partial charge in [-0.15, -0.1) is 0 Å². The summed E-state index contributed by atoms with van der Waals surface area (Å²) in [5.74, 6) is -1.48. The summed E-state index contributed by atoms with van der Waals surface area (Å²) < 4.78 is 15.8. The van der Waals surface area contributed by atoms with Crippen LogP contribution in [0.3, 0.4) is 0 Å². The molecule has 5 rings (SSSR count). The van der Waals surface area contributed by atoms with Gasteiger partial charge in [-0.1, -0.05) is 29.8 Å². The molecule has 2 amide bonds. The second kappa shape index (κ2) is 6.22. The molecule has 0 unspecified atom stereocenters. The Morgan fingerprint density at radius 3 is 2.52 bits per heavy atom. The fourth-order valence-corrected chi connectivity index (χ4v) is 3.75. The minimum Gasteiger partial charge on any atom is -0.268 e. The van der Waals surface area contributed by atoms with E-state index < -0.39 is 17.6 Å². The molecule has 3 heterocycles. The summed E-state index contributed by atoms with van der Waals surface area (Å²) >= 11 is 5.84. The van der Waals surface area contributed by atoms with Gasteiger partial charge in [0.1, 0.15) is 11.5 Å². The molecule has 142 valence electrons. The van der Waals surface area contributed by atoms with Gasteiger partial charge in [-0.3, -0.25) is 9.59 Å². The number of imide groups is 1. The molecule has 0 atom stereocenters. The fourth-order valence-electron chi connectivity index (χ4n) is 3.59. The normalized spacial score (nSPS) is 13.4. The second-order valence-electron chi connectivity index (χ2n) is 6.62. The van der Waals surface area contributed by atoms with E-state index in [9.17, 15) is 14.0 Å². The Kier molecular flexibility index (Phi) is 3.75. The van der Waals surface area contributed by atoms with Crippen molar-refractivity contribution >= 4 is 40.1 Å². The number of hydrogen-bond acceptors (Lipinski definition) is 4. The number of para-hydroxylation sites is 1. The van der Waals surface area contributed by atoms with Crippen molar-refractivity contribution < 1.29 is 14.0 Å². The molecule has 8 heteroatoms. The average Bonchev–Trinajstić information content (AvgIpc) is 3.17. The van der Waals surface area contributed by atoms with Crippen LogP contribution in [0, 0.1) is 12.7 Å². The SMILES string of the molecule is Cc1nn(-c2ccc(Cl)cc2F)c2ncc3c(c12)C(=O)N(c1ccccc1)C3=O. The van der Waals surface area contributed by atoms with E-state index >= 15 is 0 Å². The quantitative estimate of drug-likeness (QED) is 0.465. The summed E-state index contributed by atoms with van der Waals surface area (Å²) in [7, 11) is 0.